The lowest BCUT2D eigenvalue weighted by Crippen LogP contribution is -2.07. The van der Waals surface area contributed by atoms with Crippen LogP contribution in [0.2, 0.25) is 0 Å². The van der Waals surface area contributed by atoms with E-state index in [4.69, 9.17) is 5.11 Å². The number of aromatic nitrogens is 2. The Kier molecular flexibility index (Phi) is 4.52. The van der Waals surface area contributed by atoms with Crippen molar-refractivity contribution in [3.63, 3.8) is 0 Å². The summed E-state index contributed by atoms with van der Waals surface area (Å²) in [6, 6.07) is 13.1. The van der Waals surface area contributed by atoms with Gasteiger partial charge in [0.15, 0.2) is 0 Å². The maximum Gasteiger partial charge on any atom is 0.336 e. The molecule has 0 fully saturated rings. The molecule has 2 aromatic heterocycles. The first-order valence-corrected chi connectivity index (χ1v) is 7.51. The van der Waals surface area contributed by atoms with Crippen LogP contribution in [-0.4, -0.2) is 32.1 Å². The summed E-state index contributed by atoms with van der Waals surface area (Å²) in [5, 5.41) is 18.5. The molecule has 0 spiro atoms. The normalized spacial score (nSPS) is 10.4. The number of carboxylic acids is 2. The summed E-state index contributed by atoms with van der Waals surface area (Å²) in [5.41, 5.74) is 2.75. The van der Waals surface area contributed by atoms with Crippen molar-refractivity contribution in [2.24, 2.45) is 0 Å². The standard InChI is InChI=1S/C19H14N2O4/c22-18(23)13-6-4-12(5-7-13)11-15-14(19(24)25)8-10-21-17(15)16-3-1-2-9-20-16/h1-10H,11H2,(H,22,23)(H,24,25). The summed E-state index contributed by atoms with van der Waals surface area (Å²) >= 11 is 0. The van der Waals surface area contributed by atoms with Crippen LogP contribution >= 0.6 is 0 Å². The highest BCUT2D eigenvalue weighted by atomic mass is 16.4. The molecule has 6 heteroatoms. The zero-order valence-corrected chi connectivity index (χ0v) is 13.1. The van der Waals surface area contributed by atoms with Crippen molar-refractivity contribution in [2.45, 2.75) is 6.42 Å². The van der Waals surface area contributed by atoms with Gasteiger partial charge >= 0.3 is 11.9 Å². The van der Waals surface area contributed by atoms with Crippen LogP contribution in [0.5, 0.6) is 0 Å². The summed E-state index contributed by atoms with van der Waals surface area (Å²) in [4.78, 5) is 31.1. The van der Waals surface area contributed by atoms with Crippen LogP contribution in [0, 0.1) is 0 Å². The zero-order valence-electron chi connectivity index (χ0n) is 13.1. The molecule has 3 rings (SSSR count). The summed E-state index contributed by atoms with van der Waals surface area (Å²) in [6.45, 7) is 0. The topological polar surface area (TPSA) is 100 Å². The predicted octanol–water partition coefficient (Wildman–Crippen LogP) is 3.13. The van der Waals surface area contributed by atoms with Gasteiger partial charge in [-0.25, -0.2) is 9.59 Å². The van der Waals surface area contributed by atoms with Gasteiger partial charge in [-0.15, -0.1) is 0 Å². The van der Waals surface area contributed by atoms with Crippen molar-refractivity contribution < 1.29 is 19.8 Å². The Balaban J connectivity index is 2.07. The first-order chi connectivity index (χ1) is 12.1. The number of pyridine rings is 2. The molecular weight excluding hydrogens is 320 g/mol. The summed E-state index contributed by atoms with van der Waals surface area (Å²) in [6.07, 6.45) is 3.38. The molecule has 124 valence electrons. The van der Waals surface area contributed by atoms with Crippen molar-refractivity contribution in [1.82, 2.24) is 9.97 Å². The first-order valence-electron chi connectivity index (χ1n) is 7.51. The first kappa shape index (κ1) is 16.3. The van der Waals surface area contributed by atoms with E-state index in [0.29, 0.717) is 23.4 Å². The highest BCUT2D eigenvalue weighted by molar-refractivity contribution is 5.91. The molecule has 0 amide bonds. The molecule has 3 aromatic rings. The average molecular weight is 334 g/mol. The minimum Gasteiger partial charge on any atom is -0.478 e. The molecule has 0 saturated heterocycles. The molecule has 6 nitrogen and oxygen atoms in total. The number of nitrogens with zero attached hydrogens (tertiary/aromatic N) is 2. The minimum atomic E-state index is -1.04. The zero-order chi connectivity index (χ0) is 17.8. The SMILES string of the molecule is O=C(O)c1ccc(Cc2c(C(=O)O)ccnc2-c2ccccn2)cc1. The van der Waals surface area contributed by atoms with E-state index >= 15 is 0 Å². The van der Waals surface area contributed by atoms with E-state index in [-0.39, 0.29) is 11.1 Å². The Bertz CT molecular complexity index is 922. The van der Waals surface area contributed by atoms with Gasteiger partial charge in [-0.1, -0.05) is 18.2 Å². The third-order valence-electron chi connectivity index (χ3n) is 3.78. The summed E-state index contributed by atoms with van der Waals surface area (Å²) < 4.78 is 0. The van der Waals surface area contributed by atoms with Gasteiger partial charge in [-0.3, -0.25) is 9.97 Å². The Hall–Kier alpha value is -3.54. The van der Waals surface area contributed by atoms with Crippen molar-refractivity contribution in [3.8, 4) is 11.4 Å². The molecule has 1 aromatic carbocycles. The van der Waals surface area contributed by atoms with E-state index in [1.54, 1.807) is 30.5 Å². The van der Waals surface area contributed by atoms with Gasteiger partial charge in [0.2, 0.25) is 0 Å². The van der Waals surface area contributed by atoms with Gasteiger partial charge in [0.25, 0.3) is 0 Å². The van der Waals surface area contributed by atoms with E-state index in [1.165, 1.54) is 24.4 Å². The maximum absolute atomic E-state index is 11.6. The number of carboxylic acid groups (broad SMARTS) is 2. The van der Waals surface area contributed by atoms with E-state index in [1.807, 2.05) is 6.07 Å². The Morgan fingerprint density at radius 1 is 0.840 bits per heavy atom. The number of benzene rings is 1. The molecule has 0 saturated carbocycles. The van der Waals surface area contributed by atoms with Gasteiger partial charge in [0.1, 0.15) is 0 Å². The molecule has 0 radical (unpaired) electrons. The Morgan fingerprint density at radius 2 is 1.60 bits per heavy atom. The quantitative estimate of drug-likeness (QED) is 0.743. The fourth-order valence-corrected chi connectivity index (χ4v) is 2.56. The van der Waals surface area contributed by atoms with Gasteiger partial charge in [0, 0.05) is 18.8 Å². The molecule has 0 aliphatic carbocycles. The molecular formula is C19H14N2O4. The van der Waals surface area contributed by atoms with Crippen LogP contribution in [0.1, 0.15) is 31.8 Å². The molecule has 0 bridgehead atoms. The van der Waals surface area contributed by atoms with Crippen LogP contribution in [0.25, 0.3) is 11.4 Å². The largest absolute Gasteiger partial charge is 0.478 e. The second-order valence-corrected chi connectivity index (χ2v) is 5.38. The average Bonchev–Trinajstić information content (AvgIpc) is 2.63. The van der Waals surface area contributed by atoms with Crippen molar-refractivity contribution in [2.75, 3.05) is 0 Å². The lowest BCUT2D eigenvalue weighted by molar-refractivity contribution is 0.0685. The monoisotopic (exact) mass is 334 g/mol. The Labute approximate surface area is 143 Å². The van der Waals surface area contributed by atoms with Gasteiger partial charge in [-0.05, 0) is 41.5 Å². The second kappa shape index (κ2) is 6.92. The van der Waals surface area contributed by atoms with Crippen LogP contribution in [0.15, 0.2) is 60.9 Å². The fourth-order valence-electron chi connectivity index (χ4n) is 2.56. The van der Waals surface area contributed by atoms with Crippen molar-refractivity contribution >= 4 is 11.9 Å². The van der Waals surface area contributed by atoms with E-state index in [2.05, 4.69) is 9.97 Å². The van der Waals surface area contributed by atoms with Crippen LogP contribution < -0.4 is 0 Å². The lowest BCUT2D eigenvalue weighted by Gasteiger charge is -2.12. The predicted molar refractivity (Wildman–Crippen MR) is 90.6 cm³/mol. The number of hydrogen-bond acceptors (Lipinski definition) is 4. The second-order valence-electron chi connectivity index (χ2n) is 5.38. The van der Waals surface area contributed by atoms with E-state index in [0.717, 1.165) is 5.56 Å². The molecule has 2 N–H and O–H groups in total. The fraction of sp³-hybridized carbons (Fsp3) is 0.0526. The molecule has 0 aliphatic rings. The third kappa shape index (κ3) is 3.53. The number of hydrogen-bond donors (Lipinski definition) is 2. The van der Waals surface area contributed by atoms with Crippen LogP contribution in [0.3, 0.4) is 0 Å². The van der Waals surface area contributed by atoms with E-state index in [9.17, 15) is 14.7 Å². The molecule has 0 unspecified atom stereocenters. The van der Waals surface area contributed by atoms with Crippen molar-refractivity contribution in [1.29, 1.82) is 0 Å². The Morgan fingerprint density at radius 3 is 2.20 bits per heavy atom. The van der Waals surface area contributed by atoms with Crippen LogP contribution in [0.4, 0.5) is 0 Å². The van der Waals surface area contributed by atoms with Gasteiger partial charge < -0.3 is 10.2 Å². The van der Waals surface area contributed by atoms with Crippen LogP contribution in [-0.2, 0) is 6.42 Å². The summed E-state index contributed by atoms with van der Waals surface area (Å²) in [7, 11) is 0. The number of carbonyl (C=O) groups is 2. The number of rotatable bonds is 5. The highest BCUT2D eigenvalue weighted by Gasteiger charge is 2.17. The van der Waals surface area contributed by atoms with Gasteiger partial charge in [-0.2, -0.15) is 0 Å². The smallest absolute Gasteiger partial charge is 0.336 e. The third-order valence-corrected chi connectivity index (χ3v) is 3.78. The maximum atomic E-state index is 11.6. The molecule has 25 heavy (non-hydrogen) atoms. The van der Waals surface area contributed by atoms with E-state index < -0.39 is 11.9 Å². The van der Waals surface area contributed by atoms with Gasteiger partial charge in [0.05, 0.1) is 22.5 Å². The molecule has 2 heterocycles. The molecule has 0 aliphatic heterocycles. The van der Waals surface area contributed by atoms with Crippen molar-refractivity contribution in [3.05, 3.63) is 83.2 Å². The number of aromatic carboxylic acids is 2. The lowest BCUT2D eigenvalue weighted by atomic mass is 9.96. The highest BCUT2D eigenvalue weighted by Crippen LogP contribution is 2.25. The summed E-state index contributed by atoms with van der Waals surface area (Å²) in [5.74, 6) is -2.05. The minimum absolute atomic E-state index is 0.151. The molecule has 0 atom stereocenters.